The minimum absolute atomic E-state index is 0.0434. The van der Waals surface area contributed by atoms with Gasteiger partial charge in [0, 0.05) is 5.56 Å². The number of carbonyl (C=O) groups excluding carboxylic acids is 2. The molecule has 1 aliphatic heterocycles. The molecule has 4 nitrogen and oxygen atoms in total. The summed E-state index contributed by atoms with van der Waals surface area (Å²) in [5.41, 5.74) is 0.712. The maximum atomic E-state index is 12.9. The van der Waals surface area contributed by atoms with Crippen LogP contribution < -0.4 is 0 Å². The lowest BCUT2D eigenvalue weighted by Crippen LogP contribution is -2.10. The van der Waals surface area contributed by atoms with Crippen LogP contribution in [0.25, 0.3) is 0 Å². The molecule has 1 heterocycles. The first-order valence-corrected chi connectivity index (χ1v) is 5.28. The summed E-state index contributed by atoms with van der Waals surface area (Å²) < 4.78 is 22.7. The third kappa shape index (κ3) is 2.27. The largest absolute Gasteiger partial charge is 0.466 e. The van der Waals surface area contributed by atoms with Crippen LogP contribution in [0, 0.1) is 5.82 Å². The molecule has 1 aromatic carbocycles. The fraction of sp³-hybridized carbons (Fsp3) is 0.333. The summed E-state index contributed by atoms with van der Waals surface area (Å²) in [6.07, 6.45) is -0.713. The van der Waals surface area contributed by atoms with Crippen LogP contribution in [0.15, 0.2) is 18.2 Å². The number of fused-ring (bicyclic) bond motifs is 1. The van der Waals surface area contributed by atoms with Gasteiger partial charge in [-0.3, -0.25) is 4.79 Å². The molecule has 0 amide bonds. The Balaban J connectivity index is 2.19. The van der Waals surface area contributed by atoms with E-state index in [1.807, 2.05) is 0 Å². The van der Waals surface area contributed by atoms with Gasteiger partial charge in [0.2, 0.25) is 0 Å². The molecule has 1 atom stereocenters. The highest BCUT2D eigenvalue weighted by Gasteiger charge is 2.33. The Morgan fingerprint density at radius 1 is 1.53 bits per heavy atom. The maximum Gasteiger partial charge on any atom is 0.339 e. The Hall–Kier alpha value is -1.91. The average molecular weight is 238 g/mol. The van der Waals surface area contributed by atoms with Crippen LogP contribution in [-0.2, 0) is 14.3 Å². The van der Waals surface area contributed by atoms with Gasteiger partial charge in [-0.25, -0.2) is 9.18 Å². The van der Waals surface area contributed by atoms with Crippen molar-refractivity contribution in [1.29, 1.82) is 0 Å². The molecule has 0 unspecified atom stereocenters. The standard InChI is InChI=1S/C12H11FO4/c1-2-16-11(14)6-10-8-4-3-7(13)5-9(8)12(15)17-10/h3-5,10H,2,6H2,1H3/t10-/m1/s1. The summed E-state index contributed by atoms with van der Waals surface area (Å²) in [5, 5.41) is 0. The minimum Gasteiger partial charge on any atom is -0.466 e. The number of hydrogen-bond acceptors (Lipinski definition) is 4. The van der Waals surface area contributed by atoms with Crippen molar-refractivity contribution in [3.63, 3.8) is 0 Å². The molecule has 1 aliphatic rings. The highest BCUT2D eigenvalue weighted by atomic mass is 19.1. The number of rotatable bonds is 3. The molecule has 0 aromatic heterocycles. The number of halogens is 1. The van der Waals surface area contributed by atoms with Crippen LogP contribution in [0.1, 0.15) is 35.4 Å². The van der Waals surface area contributed by atoms with Crippen molar-refractivity contribution in [1.82, 2.24) is 0 Å². The Morgan fingerprint density at radius 2 is 2.29 bits per heavy atom. The molecule has 0 saturated heterocycles. The molecule has 0 bridgehead atoms. The molecule has 0 saturated carbocycles. The number of carbonyl (C=O) groups is 2. The quantitative estimate of drug-likeness (QED) is 0.755. The highest BCUT2D eigenvalue weighted by Crippen LogP contribution is 2.33. The first-order valence-electron chi connectivity index (χ1n) is 5.28. The molecule has 0 radical (unpaired) electrons. The van der Waals surface area contributed by atoms with Crippen molar-refractivity contribution in [2.24, 2.45) is 0 Å². The van der Waals surface area contributed by atoms with Gasteiger partial charge in [0.1, 0.15) is 11.9 Å². The summed E-state index contributed by atoms with van der Waals surface area (Å²) in [6.45, 7) is 1.97. The van der Waals surface area contributed by atoms with Crippen LogP contribution in [0.3, 0.4) is 0 Å². The van der Waals surface area contributed by atoms with E-state index in [9.17, 15) is 14.0 Å². The molecule has 5 heteroatoms. The van der Waals surface area contributed by atoms with Crippen molar-refractivity contribution in [3.8, 4) is 0 Å². The van der Waals surface area contributed by atoms with Gasteiger partial charge in [0.15, 0.2) is 0 Å². The summed E-state index contributed by atoms with van der Waals surface area (Å²) >= 11 is 0. The number of cyclic esters (lactones) is 1. The molecule has 17 heavy (non-hydrogen) atoms. The lowest BCUT2D eigenvalue weighted by atomic mass is 10.0. The normalized spacial score (nSPS) is 17.5. The summed E-state index contributed by atoms with van der Waals surface area (Å²) in [4.78, 5) is 22.7. The molecular weight excluding hydrogens is 227 g/mol. The van der Waals surface area contributed by atoms with Gasteiger partial charge in [-0.1, -0.05) is 6.07 Å². The second-order valence-electron chi connectivity index (χ2n) is 3.63. The molecule has 1 aromatic rings. The Morgan fingerprint density at radius 3 is 3.00 bits per heavy atom. The number of hydrogen-bond donors (Lipinski definition) is 0. The van der Waals surface area contributed by atoms with Gasteiger partial charge in [-0.05, 0) is 19.1 Å². The second-order valence-corrected chi connectivity index (χ2v) is 3.63. The summed E-state index contributed by atoms with van der Waals surface area (Å²) in [6, 6.07) is 3.81. The van der Waals surface area contributed by atoms with Crippen LogP contribution in [-0.4, -0.2) is 18.5 Å². The Labute approximate surface area is 97.3 Å². The fourth-order valence-electron chi connectivity index (χ4n) is 1.77. The SMILES string of the molecule is CCOC(=O)C[C@H]1OC(=O)c2cc(F)ccc21. The monoisotopic (exact) mass is 238 g/mol. The van der Waals surface area contributed by atoms with E-state index in [1.165, 1.54) is 12.1 Å². The molecule has 90 valence electrons. The zero-order valence-electron chi connectivity index (χ0n) is 9.23. The van der Waals surface area contributed by atoms with Gasteiger partial charge >= 0.3 is 11.9 Å². The number of ether oxygens (including phenoxy) is 2. The average Bonchev–Trinajstić information content (AvgIpc) is 2.56. The van der Waals surface area contributed by atoms with E-state index < -0.39 is 23.9 Å². The molecule has 0 spiro atoms. The molecule has 0 aliphatic carbocycles. The predicted octanol–water partition coefficient (Wildman–Crippen LogP) is 1.99. The van der Waals surface area contributed by atoms with E-state index in [-0.39, 0.29) is 18.6 Å². The van der Waals surface area contributed by atoms with Crippen molar-refractivity contribution in [2.75, 3.05) is 6.61 Å². The number of benzene rings is 1. The van der Waals surface area contributed by atoms with E-state index in [1.54, 1.807) is 6.92 Å². The topological polar surface area (TPSA) is 52.6 Å². The number of esters is 2. The molecule has 0 N–H and O–H groups in total. The van der Waals surface area contributed by atoms with Crippen molar-refractivity contribution in [3.05, 3.63) is 35.1 Å². The maximum absolute atomic E-state index is 12.9. The first kappa shape index (κ1) is 11.6. The van der Waals surface area contributed by atoms with E-state index in [2.05, 4.69) is 0 Å². The van der Waals surface area contributed by atoms with Gasteiger partial charge in [0.25, 0.3) is 0 Å². The lowest BCUT2D eigenvalue weighted by molar-refractivity contribution is -0.145. The molecular formula is C12H11FO4. The van der Waals surface area contributed by atoms with E-state index in [0.717, 1.165) is 6.07 Å². The van der Waals surface area contributed by atoms with Crippen LogP contribution >= 0.6 is 0 Å². The molecule has 2 rings (SSSR count). The zero-order chi connectivity index (χ0) is 12.4. The second kappa shape index (κ2) is 4.53. The Bertz CT molecular complexity index is 470. The van der Waals surface area contributed by atoms with Gasteiger partial charge in [0.05, 0.1) is 18.6 Å². The van der Waals surface area contributed by atoms with Gasteiger partial charge in [-0.2, -0.15) is 0 Å². The summed E-state index contributed by atoms with van der Waals surface area (Å²) in [7, 11) is 0. The smallest absolute Gasteiger partial charge is 0.339 e. The summed E-state index contributed by atoms with van der Waals surface area (Å²) in [5.74, 6) is -1.55. The van der Waals surface area contributed by atoms with Gasteiger partial charge in [-0.15, -0.1) is 0 Å². The van der Waals surface area contributed by atoms with Crippen molar-refractivity contribution in [2.45, 2.75) is 19.4 Å². The van der Waals surface area contributed by atoms with Crippen molar-refractivity contribution >= 4 is 11.9 Å². The third-order valence-electron chi connectivity index (χ3n) is 2.49. The van der Waals surface area contributed by atoms with E-state index in [0.29, 0.717) is 5.56 Å². The zero-order valence-corrected chi connectivity index (χ0v) is 9.23. The van der Waals surface area contributed by atoms with Gasteiger partial charge < -0.3 is 9.47 Å². The van der Waals surface area contributed by atoms with E-state index in [4.69, 9.17) is 9.47 Å². The van der Waals surface area contributed by atoms with Crippen LogP contribution in [0.5, 0.6) is 0 Å². The lowest BCUT2D eigenvalue weighted by Gasteiger charge is -2.09. The van der Waals surface area contributed by atoms with E-state index >= 15 is 0 Å². The van der Waals surface area contributed by atoms with Crippen LogP contribution in [0.2, 0.25) is 0 Å². The fourth-order valence-corrected chi connectivity index (χ4v) is 1.77. The first-order chi connectivity index (χ1) is 8.11. The molecule has 0 fully saturated rings. The minimum atomic E-state index is -0.669. The van der Waals surface area contributed by atoms with Crippen molar-refractivity contribution < 1.29 is 23.5 Å². The highest BCUT2D eigenvalue weighted by molar-refractivity contribution is 5.94. The third-order valence-corrected chi connectivity index (χ3v) is 2.49. The Kier molecular flexibility index (Phi) is 3.08. The van der Waals surface area contributed by atoms with Crippen LogP contribution in [0.4, 0.5) is 4.39 Å². The predicted molar refractivity (Wildman–Crippen MR) is 55.8 cm³/mol.